The zero-order chi connectivity index (χ0) is 21.6. The highest BCUT2D eigenvalue weighted by atomic mass is 16.5. The van der Waals surface area contributed by atoms with E-state index in [4.69, 9.17) is 4.74 Å². The van der Waals surface area contributed by atoms with Gasteiger partial charge < -0.3 is 20.4 Å². The fourth-order valence-corrected chi connectivity index (χ4v) is 4.33. The van der Waals surface area contributed by atoms with E-state index in [-0.39, 0.29) is 18.4 Å². The van der Waals surface area contributed by atoms with Gasteiger partial charge in [-0.1, -0.05) is 0 Å². The Labute approximate surface area is 179 Å². The molecule has 0 bridgehead atoms. The minimum atomic E-state index is -0.886. The van der Waals surface area contributed by atoms with Crippen LogP contribution in [-0.4, -0.2) is 76.0 Å². The molecule has 1 aromatic heterocycles. The molecule has 1 aromatic carbocycles. The van der Waals surface area contributed by atoms with Gasteiger partial charge in [-0.3, -0.25) is 19.4 Å². The first-order valence-corrected chi connectivity index (χ1v) is 10.6. The Morgan fingerprint density at radius 1 is 1.29 bits per heavy atom. The number of morpholine rings is 1. The van der Waals surface area contributed by atoms with Gasteiger partial charge in [-0.15, -0.1) is 0 Å². The van der Waals surface area contributed by atoms with E-state index in [9.17, 15) is 14.4 Å². The second-order valence-electron chi connectivity index (χ2n) is 8.65. The van der Waals surface area contributed by atoms with Crippen molar-refractivity contribution >= 4 is 34.6 Å². The van der Waals surface area contributed by atoms with Crippen LogP contribution in [0.2, 0.25) is 0 Å². The number of fused-ring (bicyclic) bond motifs is 1. The lowest BCUT2D eigenvalue weighted by molar-refractivity contribution is -0.134. The Balaban J connectivity index is 1.23. The van der Waals surface area contributed by atoms with Crippen molar-refractivity contribution in [3.8, 4) is 0 Å². The number of ether oxygens (including phenoxy) is 1. The molecule has 5 rings (SSSR count). The number of urea groups is 1. The standard InChI is InChI=1S/C21H26N6O4/c1-21(13-2-3-13)19(29)27(20(30)25-21)12-18(28)22-14-4-5-15-16(10-14)24-17(23-15)11-26-6-8-31-9-7-26/h4-5,10,13H,2-3,6-9,11-12H2,1H3,(H,22,28)(H,23,24)(H,25,30). The molecule has 4 amide bonds. The first-order valence-electron chi connectivity index (χ1n) is 10.6. The van der Waals surface area contributed by atoms with Crippen LogP contribution in [0.1, 0.15) is 25.6 Å². The van der Waals surface area contributed by atoms with Crippen LogP contribution in [-0.2, 0) is 20.9 Å². The van der Waals surface area contributed by atoms with Gasteiger partial charge in [0.25, 0.3) is 5.91 Å². The predicted molar refractivity (Wildman–Crippen MR) is 112 cm³/mol. The number of benzene rings is 1. The highest BCUT2D eigenvalue weighted by molar-refractivity contribution is 6.10. The Morgan fingerprint density at radius 3 is 2.81 bits per heavy atom. The summed E-state index contributed by atoms with van der Waals surface area (Å²) >= 11 is 0. The third kappa shape index (κ3) is 3.88. The number of hydrogen-bond donors (Lipinski definition) is 3. The van der Waals surface area contributed by atoms with E-state index in [1.807, 2.05) is 12.1 Å². The largest absolute Gasteiger partial charge is 0.379 e. The van der Waals surface area contributed by atoms with Crippen LogP contribution in [0.5, 0.6) is 0 Å². The molecule has 2 aliphatic heterocycles. The third-order valence-electron chi connectivity index (χ3n) is 6.29. The molecule has 1 aliphatic carbocycles. The van der Waals surface area contributed by atoms with Crippen molar-refractivity contribution in [3.05, 3.63) is 24.0 Å². The van der Waals surface area contributed by atoms with Gasteiger partial charge in [0.2, 0.25) is 5.91 Å². The maximum Gasteiger partial charge on any atom is 0.325 e. The number of carbonyl (C=O) groups excluding carboxylic acids is 3. The van der Waals surface area contributed by atoms with Crippen molar-refractivity contribution in [3.63, 3.8) is 0 Å². The summed E-state index contributed by atoms with van der Waals surface area (Å²) in [5.74, 6) is 0.272. The van der Waals surface area contributed by atoms with Gasteiger partial charge in [0, 0.05) is 18.8 Å². The molecule has 3 aliphatic rings. The molecule has 1 saturated carbocycles. The van der Waals surface area contributed by atoms with Crippen molar-refractivity contribution in [1.82, 2.24) is 25.1 Å². The second kappa shape index (κ2) is 7.61. The summed E-state index contributed by atoms with van der Waals surface area (Å²) in [5, 5.41) is 5.53. The SMILES string of the molecule is CC1(C2CC2)NC(=O)N(CC(=O)Nc2ccc3nc(CN4CCOCC4)[nH]c3c2)C1=O. The fraction of sp³-hybridized carbons (Fsp3) is 0.524. The van der Waals surface area contributed by atoms with E-state index in [1.165, 1.54) is 0 Å². The normalized spacial score (nSPS) is 24.6. The van der Waals surface area contributed by atoms with Crippen LogP contribution in [0.15, 0.2) is 18.2 Å². The van der Waals surface area contributed by atoms with Gasteiger partial charge >= 0.3 is 6.03 Å². The number of rotatable bonds is 6. The number of nitrogens with zero attached hydrogens (tertiary/aromatic N) is 3. The van der Waals surface area contributed by atoms with Gasteiger partial charge in [0.15, 0.2) is 0 Å². The molecule has 1 atom stereocenters. The van der Waals surface area contributed by atoms with Crippen LogP contribution in [0.4, 0.5) is 10.5 Å². The van der Waals surface area contributed by atoms with Crippen molar-refractivity contribution in [2.24, 2.45) is 5.92 Å². The zero-order valence-corrected chi connectivity index (χ0v) is 17.4. The fourth-order valence-electron chi connectivity index (χ4n) is 4.33. The lowest BCUT2D eigenvalue weighted by Gasteiger charge is -2.25. The highest BCUT2D eigenvalue weighted by Crippen LogP contribution is 2.42. The first kappa shape index (κ1) is 20.0. The summed E-state index contributed by atoms with van der Waals surface area (Å²) in [6, 6.07) is 4.90. The van der Waals surface area contributed by atoms with Gasteiger partial charge in [-0.05, 0) is 43.9 Å². The van der Waals surface area contributed by atoms with Gasteiger partial charge in [0.05, 0.1) is 30.8 Å². The topological polar surface area (TPSA) is 120 Å². The molecule has 3 fully saturated rings. The summed E-state index contributed by atoms with van der Waals surface area (Å²) in [6.07, 6.45) is 1.83. The molecule has 164 valence electrons. The zero-order valence-electron chi connectivity index (χ0n) is 17.4. The average Bonchev–Trinajstić information content (AvgIpc) is 3.49. The first-order chi connectivity index (χ1) is 14.9. The number of aromatic nitrogens is 2. The molecule has 3 heterocycles. The van der Waals surface area contributed by atoms with E-state index in [0.717, 1.165) is 60.9 Å². The van der Waals surface area contributed by atoms with E-state index in [1.54, 1.807) is 13.0 Å². The number of carbonyl (C=O) groups is 3. The van der Waals surface area contributed by atoms with E-state index < -0.39 is 17.5 Å². The maximum atomic E-state index is 12.7. The lowest BCUT2D eigenvalue weighted by Crippen LogP contribution is -2.46. The smallest absolute Gasteiger partial charge is 0.325 e. The average molecular weight is 426 g/mol. The Bertz CT molecular complexity index is 1040. The molecule has 0 radical (unpaired) electrons. The minimum absolute atomic E-state index is 0.159. The minimum Gasteiger partial charge on any atom is -0.379 e. The van der Waals surface area contributed by atoms with Gasteiger partial charge in [-0.25, -0.2) is 9.78 Å². The number of imidazole rings is 1. The molecule has 3 N–H and O–H groups in total. The van der Waals surface area contributed by atoms with Crippen LogP contribution in [0.3, 0.4) is 0 Å². The molecule has 31 heavy (non-hydrogen) atoms. The Morgan fingerprint density at radius 2 is 2.06 bits per heavy atom. The molecule has 2 saturated heterocycles. The quantitative estimate of drug-likeness (QED) is 0.594. The number of nitrogens with one attached hydrogen (secondary N) is 3. The van der Waals surface area contributed by atoms with Crippen molar-refractivity contribution in [2.45, 2.75) is 31.8 Å². The number of imide groups is 1. The Kier molecular flexibility index (Phi) is 4.90. The van der Waals surface area contributed by atoms with Crippen LogP contribution >= 0.6 is 0 Å². The van der Waals surface area contributed by atoms with Gasteiger partial charge in [-0.2, -0.15) is 0 Å². The monoisotopic (exact) mass is 426 g/mol. The lowest BCUT2D eigenvalue weighted by atomic mass is 9.96. The molecule has 0 spiro atoms. The Hall–Kier alpha value is -2.98. The summed E-state index contributed by atoms with van der Waals surface area (Å²) in [6.45, 7) is 5.36. The third-order valence-corrected chi connectivity index (χ3v) is 6.29. The molecular formula is C21H26N6O4. The summed E-state index contributed by atoms with van der Waals surface area (Å²) in [5.41, 5.74) is 1.33. The number of H-pyrrole nitrogens is 1. The van der Waals surface area contributed by atoms with Crippen molar-refractivity contribution in [1.29, 1.82) is 0 Å². The summed E-state index contributed by atoms with van der Waals surface area (Å²) < 4.78 is 5.37. The predicted octanol–water partition coefficient (Wildman–Crippen LogP) is 1.05. The summed E-state index contributed by atoms with van der Waals surface area (Å²) in [7, 11) is 0. The highest BCUT2D eigenvalue weighted by Gasteiger charge is 2.56. The number of aromatic amines is 1. The van der Waals surface area contributed by atoms with Gasteiger partial charge in [0.1, 0.15) is 17.9 Å². The van der Waals surface area contributed by atoms with Crippen LogP contribution < -0.4 is 10.6 Å². The number of hydrogen-bond acceptors (Lipinski definition) is 6. The maximum absolute atomic E-state index is 12.7. The molecule has 10 nitrogen and oxygen atoms in total. The summed E-state index contributed by atoms with van der Waals surface area (Å²) in [4.78, 5) is 48.7. The van der Waals surface area contributed by atoms with Crippen molar-refractivity contribution < 1.29 is 19.1 Å². The molecule has 10 heteroatoms. The number of anilines is 1. The van der Waals surface area contributed by atoms with Crippen LogP contribution in [0, 0.1) is 5.92 Å². The van der Waals surface area contributed by atoms with Crippen molar-refractivity contribution in [2.75, 3.05) is 38.2 Å². The second-order valence-corrected chi connectivity index (χ2v) is 8.65. The molecular weight excluding hydrogens is 400 g/mol. The number of amides is 4. The molecule has 2 aromatic rings. The molecule has 1 unspecified atom stereocenters. The van der Waals surface area contributed by atoms with E-state index in [2.05, 4.69) is 25.5 Å². The van der Waals surface area contributed by atoms with E-state index in [0.29, 0.717) is 12.2 Å². The van der Waals surface area contributed by atoms with E-state index >= 15 is 0 Å². The van der Waals surface area contributed by atoms with Crippen LogP contribution in [0.25, 0.3) is 11.0 Å².